The average molecular weight is 415 g/mol. The van der Waals surface area contributed by atoms with Crippen LogP contribution in [0, 0.1) is 26.7 Å². The lowest BCUT2D eigenvalue weighted by Gasteiger charge is -2.16. The molecule has 0 aliphatic carbocycles. The topological polar surface area (TPSA) is 80.4 Å². The monoisotopic (exact) mass is 414 g/mol. The highest BCUT2D eigenvalue weighted by molar-refractivity contribution is 7.15. The van der Waals surface area contributed by atoms with Crippen molar-refractivity contribution in [2.24, 2.45) is 10.9 Å². The second-order valence-electron chi connectivity index (χ2n) is 6.96. The summed E-state index contributed by atoms with van der Waals surface area (Å²) in [5.74, 6) is -0.402. The first-order valence-corrected chi connectivity index (χ1v) is 10.1. The third kappa shape index (κ3) is 2.86. The number of carboxylic acid groups (broad SMARTS) is 1. The summed E-state index contributed by atoms with van der Waals surface area (Å²) >= 11 is 7.72. The molecule has 8 heteroatoms. The Labute approximate surface area is 171 Å². The van der Waals surface area contributed by atoms with Crippen molar-refractivity contribution in [1.29, 1.82) is 0 Å². The normalized spacial score (nSPS) is 16.8. The van der Waals surface area contributed by atoms with E-state index in [0.717, 1.165) is 27.4 Å². The molecule has 0 fully saturated rings. The maximum Gasteiger partial charge on any atom is 0.308 e. The Kier molecular flexibility index (Phi) is 4.59. The largest absolute Gasteiger partial charge is 0.481 e. The number of rotatable bonds is 3. The van der Waals surface area contributed by atoms with Crippen LogP contribution in [0.2, 0.25) is 5.02 Å². The molecule has 2 atom stereocenters. The summed E-state index contributed by atoms with van der Waals surface area (Å²) in [5.41, 5.74) is 3.77. The SMILES string of the molecule is Cc1sc2c(c1C)C(c1ccc(Cl)cc1)=NC(C(C)C(=O)O)c1nnc(C)n1-2. The molecule has 0 radical (unpaired) electrons. The van der Waals surface area contributed by atoms with Crippen molar-refractivity contribution in [3.63, 3.8) is 0 Å². The molecule has 2 aromatic heterocycles. The number of halogens is 1. The number of aromatic nitrogens is 3. The van der Waals surface area contributed by atoms with Gasteiger partial charge in [-0.15, -0.1) is 21.5 Å². The molecule has 28 heavy (non-hydrogen) atoms. The zero-order chi connectivity index (χ0) is 20.2. The van der Waals surface area contributed by atoms with E-state index in [4.69, 9.17) is 16.6 Å². The molecule has 144 valence electrons. The molecule has 0 saturated heterocycles. The molecular weight excluding hydrogens is 396 g/mol. The van der Waals surface area contributed by atoms with E-state index in [-0.39, 0.29) is 0 Å². The maximum atomic E-state index is 11.8. The molecule has 0 bridgehead atoms. The second kappa shape index (κ2) is 6.83. The van der Waals surface area contributed by atoms with Gasteiger partial charge in [0.1, 0.15) is 16.9 Å². The van der Waals surface area contributed by atoms with Crippen LogP contribution >= 0.6 is 22.9 Å². The van der Waals surface area contributed by atoms with Crippen molar-refractivity contribution in [2.75, 3.05) is 0 Å². The molecule has 0 amide bonds. The highest BCUT2D eigenvalue weighted by Gasteiger charge is 2.36. The quantitative estimate of drug-likeness (QED) is 0.683. The van der Waals surface area contributed by atoms with Crippen LogP contribution in [0.4, 0.5) is 0 Å². The number of hydrogen-bond donors (Lipinski definition) is 1. The van der Waals surface area contributed by atoms with Crippen molar-refractivity contribution in [1.82, 2.24) is 14.8 Å². The lowest BCUT2D eigenvalue weighted by molar-refractivity contribution is -0.141. The summed E-state index contributed by atoms with van der Waals surface area (Å²) in [4.78, 5) is 17.9. The highest BCUT2D eigenvalue weighted by Crippen LogP contribution is 2.40. The van der Waals surface area contributed by atoms with Crippen LogP contribution in [0.3, 0.4) is 0 Å². The Morgan fingerprint density at radius 3 is 2.54 bits per heavy atom. The number of aryl methyl sites for hydroxylation is 2. The minimum Gasteiger partial charge on any atom is -0.481 e. The third-order valence-electron chi connectivity index (χ3n) is 5.17. The van der Waals surface area contributed by atoms with Gasteiger partial charge < -0.3 is 5.11 Å². The van der Waals surface area contributed by atoms with Crippen LogP contribution in [0.25, 0.3) is 5.00 Å². The molecule has 1 aliphatic heterocycles. The Morgan fingerprint density at radius 2 is 1.89 bits per heavy atom. The number of nitrogens with zero attached hydrogens (tertiary/aromatic N) is 4. The van der Waals surface area contributed by atoms with Gasteiger partial charge in [-0.1, -0.05) is 23.7 Å². The van der Waals surface area contributed by atoms with Crippen LogP contribution < -0.4 is 0 Å². The fraction of sp³-hybridized carbons (Fsp3) is 0.300. The number of benzene rings is 1. The number of carboxylic acids is 1. The van der Waals surface area contributed by atoms with E-state index in [2.05, 4.69) is 24.0 Å². The maximum absolute atomic E-state index is 11.8. The fourth-order valence-electron chi connectivity index (χ4n) is 3.43. The zero-order valence-corrected chi connectivity index (χ0v) is 17.5. The van der Waals surface area contributed by atoms with Crippen LogP contribution in [0.1, 0.15) is 46.2 Å². The van der Waals surface area contributed by atoms with Crippen LogP contribution in [0.15, 0.2) is 29.3 Å². The van der Waals surface area contributed by atoms with E-state index in [0.29, 0.717) is 16.7 Å². The smallest absolute Gasteiger partial charge is 0.308 e. The van der Waals surface area contributed by atoms with E-state index < -0.39 is 17.9 Å². The summed E-state index contributed by atoms with van der Waals surface area (Å²) in [6, 6.07) is 6.82. The van der Waals surface area contributed by atoms with Gasteiger partial charge in [-0.25, -0.2) is 0 Å². The molecule has 1 aromatic carbocycles. The first kappa shape index (κ1) is 18.8. The minimum absolute atomic E-state index is 0.555. The molecule has 0 spiro atoms. The first-order valence-electron chi connectivity index (χ1n) is 8.88. The molecule has 0 saturated carbocycles. The number of carbonyl (C=O) groups is 1. The van der Waals surface area contributed by atoms with Gasteiger partial charge >= 0.3 is 5.97 Å². The van der Waals surface area contributed by atoms with Gasteiger partial charge in [-0.3, -0.25) is 14.4 Å². The third-order valence-corrected chi connectivity index (χ3v) is 6.61. The summed E-state index contributed by atoms with van der Waals surface area (Å²) in [7, 11) is 0. The van der Waals surface area contributed by atoms with E-state index >= 15 is 0 Å². The zero-order valence-electron chi connectivity index (χ0n) is 15.9. The molecule has 2 unspecified atom stereocenters. The van der Waals surface area contributed by atoms with E-state index in [1.165, 1.54) is 4.88 Å². The van der Waals surface area contributed by atoms with E-state index in [9.17, 15) is 9.90 Å². The van der Waals surface area contributed by atoms with Gasteiger partial charge in [-0.2, -0.15) is 0 Å². The minimum atomic E-state index is -0.922. The number of aliphatic imine (C=N–C) groups is 1. The van der Waals surface area contributed by atoms with Crippen molar-refractivity contribution in [2.45, 2.75) is 33.7 Å². The number of hydrogen-bond acceptors (Lipinski definition) is 5. The van der Waals surface area contributed by atoms with Crippen molar-refractivity contribution in [3.8, 4) is 5.00 Å². The second-order valence-corrected chi connectivity index (χ2v) is 8.60. The molecule has 4 rings (SSSR count). The van der Waals surface area contributed by atoms with Crippen LogP contribution in [0.5, 0.6) is 0 Å². The Hall–Kier alpha value is -2.51. The van der Waals surface area contributed by atoms with E-state index in [1.807, 2.05) is 35.8 Å². The predicted molar refractivity (Wildman–Crippen MR) is 110 cm³/mol. The van der Waals surface area contributed by atoms with Gasteiger partial charge in [0.2, 0.25) is 0 Å². The molecule has 1 aliphatic rings. The lowest BCUT2D eigenvalue weighted by atomic mass is 9.98. The van der Waals surface area contributed by atoms with Crippen LogP contribution in [-0.2, 0) is 4.79 Å². The summed E-state index contributed by atoms with van der Waals surface area (Å²) in [5, 5.41) is 19.8. The van der Waals surface area contributed by atoms with Crippen molar-refractivity contribution >= 4 is 34.6 Å². The summed E-state index contributed by atoms with van der Waals surface area (Å²) < 4.78 is 1.95. The Balaban J connectivity index is 2.06. The Bertz CT molecular complexity index is 1110. The molecule has 6 nitrogen and oxygen atoms in total. The summed E-state index contributed by atoms with van der Waals surface area (Å²) in [6.07, 6.45) is 0. The Morgan fingerprint density at radius 1 is 1.21 bits per heavy atom. The van der Waals surface area contributed by atoms with Crippen molar-refractivity contribution < 1.29 is 9.90 Å². The van der Waals surface area contributed by atoms with Crippen LogP contribution in [-0.4, -0.2) is 31.6 Å². The summed E-state index contributed by atoms with van der Waals surface area (Å²) in [6.45, 7) is 7.67. The molecule has 3 aromatic rings. The van der Waals surface area contributed by atoms with Gasteiger partial charge in [0.25, 0.3) is 0 Å². The first-order chi connectivity index (χ1) is 13.3. The average Bonchev–Trinajstić information content (AvgIpc) is 3.12. The van der Waals surface area contributed by atoms with E-state index in [1.54, 1.807) is 18.3 Å². The number of aliphatic carboxylic acids is 1. The van der Waals surface area contributed by atoms with Gasteiger partial charge in [0.15, 0.2) is 5.82 Å². The lowest BCUT2D eigenvalue weighted by Crippen LogP contribution is -2.21. The fourth-order valence-corrected chi connectivity index (χ4v) is 4.76. The van der Waals surface area contributed by atoms with Gasteiger partial charge in [-0.05, 0) is 45.4 Å². The predicted octanol–water partition coefficient (Wildman–Crippen LogP) is 4.52. The van der Waals surface area contributed by atoms with Gasteiger partial charge in [0, 0.05) is 21.0 Å². The van der Waals surface area contributed by atoms with Crippen molar-refractivity contribution in [3.05, 3.63) is 62.5 Å². The molecular formula is C20H19ClN4O2S. The molecule has 1 N–H and O–H groups in total. The number of fused-ring (bicyclic) bond motifs is 3. The molecule has 3 heterocycles. The van der Waals surface area contributed by atoms with Gasteiger partial charge in [0.05, 0.1) is 11.6 Å². The number of thiophene rings is 1. The highest BCUT2D eigenvalue weighted by atomic mass is 35.5. The standard InChI is InChI=1S/C20H19ClN4O2S/c1-9-11(3)28-19-15(9)17(13-5-7-14(21)8-6-13)22-16(10(2)20(26)27)18-24-23-12(4)25(18)19/h5-8,10,16H,1-4H3,(H,26,27).